The number of phenols is 2. The van der Waals surface area contributed by atoms with Gasteiger partial charge in [-0.25, -0.2) is 0 Å². The van der Waals surface area contributed by atoms with Crippen molar-refractivity contribution >= 4 is 56.1 Å². The summed E-state index contributed by atoms with van der Waals surface area (Å²) >= 11 is 0. The first-order chi connectivity index (χ1) is 28.8. The van der Waals surface area contributed by atoms with Gasteiger partial charge in [-0.3, -0.25) is 30.2 Å². The van der Waals surface area contributed by atoms with Crippen LogP contribution in [0.15, 0.2) is 170 Å². The second-order valence-electron chi connectivity index (χ2n) is 14.1. The maximum Gasteiger partial charge on any atom is 0.259 e. The van der Waals surface area contributed by atoms with Crippen molar-refractivity contribution in [2.24, 2.45) is 0 Å². The first kappa shape index (κ1) is 38.2. The molecule has 292 valence electrons. The van der Waals surface area contributed by atoms with E-state index >= 15 is 0 Å². The topological polar surface area (TPSA) is 141 Å². The zero-order valence-corrected chi connectivity index (χ0v) is 31.8. The lowest BCUT2D eigenvalue weighted by atomic mass is 10.0. The minimum atomic E-state index is -0.445. The molecule has 0 unspecified atom stereocenters. The number of benzene rings is 8. The van der Waals surface area contributed by atoms with Crippen LogP contribution in [0.3, 0.4) is 0 Å². The number of para-hydroxylation sites is 2. The molecule has 0 heterocycles. The summed E-state index contributed by atoms with van der Waals surface area (Å²) in [6.45, 7) is 0.533. The summed E-state index contributed by atoms with van der Waals surface area (Å²) in [6.07, 6.45) is 0.703. The highest BCUT2D eigenvalue weighted by molar-refractivity contribution is 6.10. The Hall–Kier alpha value is -7.66. The van der Waals surface area contributed by atoms with Gasteiger partial charge < -0.3 is 20.8 Å². The molecule has 8 aromatic rings. The van der Waals surface area contributed by atoms with Crippen LogP contribution in [0.5, 0.6) is 11.5 Å². The quantitative estimate of drug-likeness (QED) is 0.0599. The van der Waals surface area contributed by atoms with Crippen molar-refractivity contribution in [2.75, 3.05) is 21.6 Å². The number of fused-ring (bicyclic) bond motifs is 2. The van der Waals surface area contributed by atoms with Gasteiger partial charge in [0.1, 0.15) is 18.1 Å². The zero-order chi connectivity index (χ0) is 40.6. The van der Waals surface area contributed by atoms with Crippen LogP contribution in [-0.2, 0) is 29.3 Å². The van der Waals surface area contributed by atoms with E-state index in [4.69, 9.17) is 9.68 Å². The molecular formula is C49H40N4O6. The maximum absolute atomic E-state index is 13.2. The Morgan fingerprint density at radius 3 is 1.66 bits per heavy atom. The van der Waals surface area contributed by atoms with Crippen molar-refractivity contribution in [1.29, 1.82) is 0 Å². The van der Waals surface area contributed by atoms with Gasteiger partial charge in [0.25, 0.3) is 11.8 Å². The van der Waals surface area contributed by atoms with Crippen LogP contribution in [0.1, 0.15) is 43.0 Å². The minimum Gasteiger partial charge on any atom is -0.508 e. The van der Waals surface area contributed by atoms with E-state index in [0.717, 1.165) is 38.8 Å². The summed E-state index contributed by atoms with van der Waals surface area (Å²) in [4.78, 5) is 37.6. The predicted molar refractivity (Wildman–Crippen MR) is 233 cm³/mol. The molecule has 0 aliphatic carbocycles. The normalized spacial score (nSPS) is 11.0. The van der Waals surface area contributed by atoms with Gasteiger partial charge in [0.05, 0.1) is 23.5 Å². The number of anilines is 4. The molecule has 0 saturated carbocycles. The third-order valence-electron chi connectivity index (χ3n) is 9.79. The average Bonchev–Trinajstić information content (AvgIpc) is 3.25. The van der Waals surface area contributed by atoms with Crippen LogP contribution >= 0.6 is 0 Å². The second-order valence-corrected chi connectivity index (χ2v) is 14.1. The smallest absolute Gasteiger partial charge is 0.259 e. The first-order valence-electron chi connectivity index (χ1n) is 19.0. The molecule has 6 N–H and O–H groups in total. The highest BCUT2D eigenvalue weighted by Gasteiger charge is 2.15. The molecule has 0 atom stereocenters. The highest BCUT2D eigenvalue weighted by Crippen LogP contribution is 2.29. The van der Waals surface area contributed by atoms with Crippen molar-refractivity contribution in [1.82, 2.24) is 0 Å². The third-order valence-corrected chi connectivity index (χ3v) is 9.79. The summed E-state index contributed by atoms with van der Waals surface area (Å²) in [5.74, 6) is -0.703. The predicted octanol–water partition coefficient (Wildman–Crippen LogP) is 10.6. The fraction of sp³-hybridized carbons (Fsp3) is 0.0612. The van der Waals surface area contributed by atoms with Crippen LogP contribution < -0.4 is 21.6 Å². The number of carbonyl (C=O) groups is 2. The number of amides is 2. The van der Waals surface area contributed by atoms with E-state index < -0.39 is 5.91 Å². The largest absolute Gasteiger partial charge is 0.508 e. The SMILES string of the molecule is O=C(Nc1ccc(Cc2ccc(NOCc3ccc4cc(O)c(CONc5ccccc5)cc4c3)cc2)cc1)c1ccc2cc(O)c(C(=O)Nc3ccccc3)cc2c1. The first-order valence-corrected chi connectivity index (χ1v) is 19.0. The van der Waals surface area contributed by atoms with Gasteiger partial charge in [0.15, 0.2) is 0 Å². The van der Waals surface area contributed by atoms with E-state index in [2.05, 4.69) is 21.6 Å². The van der Waals surface area contributed by atoms with E-state index in [9.17, 15) is 19.8 Å². The Kier molecular flexibility index (Phi) is 11.4. The second kappa shape index (κ2) is 17.6. The molecule has 0 aliphatic heterocycles. The number of rotatable bonds is 14. The molecule has 0 aliphatic rings. The van der Waals surface area contributed by atoms with Crippen LogP contribution in [0.4, 0.5) is 22.7 Å². The molecule has 10 heteroatoms. The molecule has 0 bridgehead atoms. The van der Waals surface area contributed by atoms with E-state index in [1.165, 1.54) is 6.07 Å². The van der Waals surface area contributed by atoms with Crippen LogP contribution in [-0.4, -0.2) is 22.0 Å². The summed E-state index contributed by atoms with van der Waals surface area (Å²) in [5, 5.41) is 30.0. The van der Waals surface area contributed by atoms with Gasteiger partial charge in [-0.1, -0.05) is 78.9 Å². The summed E-state index contributed by atoms with van der Waals surface area (Å²) in [6, 6.07) is 52.1. The molecule has 0 aromatic heterocycles. The van der Waals surface area contributed by atoms with E-state index in [1.54, 1.807) is 42.5 Å². The van der Waals surface area contributed by atoms with Crippen molar-refractivity contribution in [3.05, 3.63) is 203 Å². The molecule has 8 aromatic carbocycles. The molecule has 0 saturated heterocycles. The van der Waals surface area contributed by atoms with Gasteiger partial charge in [0, 0.05) is 22.5 Å². The summed E-state index contributed by atoms with van der Waals surface area (Å²) in [7, 11) is 0. The average molecular weight is 781 g/mol. The molecule has 59 heavy (non-hydrogen) atoms. The van der Waals surface area contributed by atoms with Crippen molar-refractivity contribution < 1.29 is 29.5 Å². The van der Waals surface area contributed by atoms with Crippen molar-refractivity contribution in [3.63, 3.8) is 0 Å². The summed E-state index contributed by atoms with van der Waals surface area (Å²) in [5.41, 5.74) is 13.2. The molecule has 0 fully saturated rings. The fourth-order valence-electron chi connectivity index (χ4n) is 6.66. The highest BCUT2D eigenvalue weighted by atomic mass is 16.6. The number of hydrogen-bond acceptors (Lipinski definition) is 8. The van der Waals surface area contributed by atoms with E-state index in [1.807, 2.05) is 121 Å². The molecule has 8 rings (SSSR count). The summed E-state index contributed by atoms with van der Waals surface area (Å²) < 4.78 is 0. The number of carbonyl (C=O) groups excluding carboxylic acids is 2. The van der Waals surface area contributed by atoms with Crippen LogP contribution in [0.25, 0.3) is 21.5 Å². The minimum absolute atomic E-state index is 0.115. The Balaban J connectivity index is 0.819. The zero-order valence-electron chi connectivity index (χ0n) is 31.8. The van der Waals surface area contributed by atoms with E-state index in [-0.39, 0.29) is 29.6 Å². The number of phenolic OH excluding ortho intramolecular Hbond substituents is 2. The van der Waals surface area contributed by atoms with Crippen LogP contribution in [0.2, 0.25) is 0 Å². The monoisotopic (exact) mass is 780 g/mol. The van der Waals surface area contributed by atoms with Gasteiger partial charge in [-0.05, 0) is 136 Å². The molecule has 0 radical (unpaired) electrons. The van der Waals surface area contributed by atoms with Crippen LogP contribution in [0, 0.1) is 0 Å². The lowest BCUT2D eigenvalue weighted by molar-refractivity contribution is 0.101. The Morgan fingerprint density at radius 2 is 0.966 bits per heavy atom. The van der Waals surface area contributed by atoms with Gasteiger partial charge in [-0.2, -0.15) is 0 Å². The van der Waals surface area contributed by atoms with Gasteiger partial charge >= 0.3 is 0 Å². The van der Waals surface area contributed by atoms with Crippen molar-refractivity contribution in [3.8, 4) is 11.5 Å². The standard InChI is InChI=1S/C49H40N4O6/c54-46-28-35-16-11-34(24-38(35)26-40(46)31-59-52-43-9-5-2-6-10-43)30-58-53-44-21-14-33(15-22-44)23-32-12-19-42(20-13-32)50-48(56)37-18-17-36-29-47(55)45(27-39(36)25-37)49(57)51-41-7-3-1-4-8-41/h1-22,24-29,52-55H,23,30-31H2,(H,50,56)(H,51,57). The van der Waals surface area contributed by atoms with Crippen molar-refractivity contribution in [2.45, 2.75) is 19.6 Å². The fourth-order valence-corrected chi connectivity index (χ4v) is 6.66. The van der Waals surface area contributed by atoms with E-state index in [0.29, 0.717) is 46.3 Å². The molecule has 10 nitrogen and oxygen atoms in total. The van der Waals surface area contributed by atoms with Gasteiger partial charge in [-0.15, -0.1) is 0 Å². The number of aromatic hydroxyl groups is 2. The Labute approximate surface area is 340 Å². The Morgan fingerprint density at radius 1 is 0.441 bits per heavy atom. The molecule has 2 amide bonds. The maximum atomic E-state index is 13.2. The lowest BCUT2D eigenvalue weighted by Gasteiger charge is -2.11. The molecule has 0 spiro atoms. The number of hydrogen-bond donors (Lipinski definition) is 6. The Bertz CT molecular complexity index is 2740. The molecular weight excluding hydrogens is 741 g/mol. The van der Waals surface area contributed by atoms with Gasteiger partial charge in [0.2, 0.25) is 0 Å². The number of nitrogens with one attached hydrogen (secondary N) is 4. The third kappa shape index (κ3) is 9.66. The lowest BCUT2D eigenvalue weighted by Crippen LogP contribution is -2.13.